The van der Waals surface area contributed by atoms with Gasteiger partial charge in [0, 0.05) is 19.6 Å². The van der Waals surface area contributed by atoms with Crippen LogP contribution in [0.1, 0.15) is 31.7 Å². The van der Waals surface area contributed by atoms with E-state index >= 15 is 0 Å². The van der Waals surface area contributed by atoms with Crippen molar-refractivity contribution >= 4 is 30.7 Å². The molecule has 1 saturated heterocycles. The lowest BCUT2D eigenvalue weighted by Crippen LogP contribution is -2.50. The van der Waals surface area contributed by atoms with Gasteiger partial charge < -0.3 is 10.6 Å². The molecule has 132 valence electrons. The van der Waals surface area contributed by atoms with Gasteiger partial charge in [-0.2, -0.15) is 0 Å². The first-order valence-electron chi connectivity index (χ1n) is 8.07. The van der Waals surface area contributed by atoms with E-state index in [1.165, 1.54) is 12.0 Å². The van der Waals surface area contributed by atoms with Crippen LogP contribution < -0.4 is 10.6 Å². The lowest BCUT2D eigenvalue weighted by Gasteiger charge is -2.34. The number of likely N-dealkylation sites (tertiary alicyclic amines) is 1. The van der Waals surface area contributed by atoms with E-state index in [0.29, 0.717) is 6.54 Å². The third-order valence-electron chi connectivity index (χ3n) is 4.00. The van der Waals surface area contributed by atoms with Gasteiger partial charge in [0.25, 0.3) is 0 Å². The Morgan fingerprint density at radius 2 is 1.91 bits per heavy atom. The van der Waals surface area contributed by atoms with Crippen LogP contribution in [0.25, 0.3) is 0 Å². The minimum Gasteiger partial charge on any atom is -0.353 e. The van der Waals surface area contributed by atoms with E-state index in [1.807, 2.05) is 6.07 Å². The molecule has 2 N–H and O–H groups in total. The first kappa shape index (κ1) is 22.2. The maximum Gasteiger partial charge on any atom is 0.237 e. The zero-order valence-electron chi connectivity index (χ0n) is 13.8. The molecule has 1 aromatic rings. The van der Waals surface area contributed by atoms with Gasteiger partial charge in [0.1, 0.15) is 0 Å². The van der Waals surface area contributed by atoms with Crippen LogP contribution in [0.4, 0.5) is 0 Å². The number of hydrogen-bond acceptors (Lipinski definition) is 3. The molecule has 0 aromatic heterocycles. The second-order valence-electron chi connectivity index (χ2n) is 5.61. The minimum atomic E-state index is 0. The Hall–Kier alpha value is -0.810. The lowest BCUT2D eigenvalue weighted by molar-refractivity contribution is -0.127. The SMILES string of the molecule is CCNCCNC(=O)C1CCCCN1Cc1ccccc1.Cl.Cl. The summed E-state index contributed by atoms with van der Waals surface area (Å²) in [5, 5.41) is 6.29. The number of piperidine rings is 1. The summed E-state index contributed by atoms with van der Waals surface area (Å²) in [5.74, 6) is 0.184. The Morgan fingerprint density at radius 3 is 2.61 bits per heavy atom. The maximum absolute atomic E-state index is 12.4. The van der Waals surface area contributed by atoms with Gasteiger partial charge in [-0.1, -0.05) is 43.7 Å². The molecule has 1 amide bonds. The smallest absolute Gasteiger partial charge is 0.237 e. The molecule has 1 fully saturated rings. The molecular formula is C17H29Cl2N3O. The van der Waals surface area contributed by atoms with Crippen LogP contribution in [-0.2, 0) is 11.3 Å². The summed E-state index contributed by atoms with van der Waals surface area (Å²) < 4.78 is 0. The molecule has 1 unspecified atom stereocenters. The molecule has 23 heavy (non-hydrogen) atoms. The Kier molecular flexibility index (Phi) is 12.1. The molecule has 0 aliphatic carbocycles. The lowest BCUT2D eigenvalue weighted by atomic mass is 10.0. The van der Waals surface area contributed by atoms with E-state index in [1.54, 1.807) is 0 Å². The summed E-state index contributed by atoms with van der Waals surface area (Å²) in [7, 11) is 0. The molecule has 1 aromatic carbocycles. The van der Waals surface area contributed by atoms with E-state index in [-0.39, 0.29) is 36.8 Å². The Balaban J connectivity index is 0.00000242. The van der Waals surface area contributed by atoms with E-state index < -0.39 is 0 Å². The predicted molar refractivity (Wildman–Crippen MR) is 101 cm³/mol. The summed E-state index contributed by atoms with van der Waals surface area (Å²) in [6, 6.07) is 10.4. The fourth-order valence-electron chi connectivity index (χ4n) is 2.86. The number of likely N-dealkylation sites (N-methyl/N-ethyl adjacent to an activating group) is 1. The molecule has 1 heterocycles. The van der Waals surface area contributed by atoms with E-state index in [9.17, 15) is 4.79 Å². The fraction of sp³-hybridized carbons (Fsp3) is 0.588. The van der Waals surface area contributed by atoms with Crippen molar-refractivity contribution in [1.82, 2.24) is 15.5 Å². The van der Waals surface area contributed by atoms with Crippen molar-refractivity contribution in [3.63, 3.8) is 0 Å². The molecule has 2 rings (SSSR count). The maximum atomic E-state index is 12.4. The first-order chi connectivity index (χ1) is 10.3. The highest BCUT2D eigenvalue weighted by molar-refractivity contribution is 5.85. The number of rotatable bonds is 7. The number of nitrogens with zero attached hydrogens (tertiary/aromatic N) is 1. The standard InChI is InChI=1S/C17H27N3O.2ClH/c1-2-18-11-12-19-17(21)16-10-6-7-13-20(16)14-15-8-4-3-5-9-15;;/h3-5,8-9,16,18H,2,6-7,10-14H2,1H3,(H,19,21);2*1H. The van der Waals surface area contributed by atoms with Gasteiger partial charge in [0.2, 0.25) is 5.91 Å². The molecule has 1 aliphatic heterocycles. The van der Waals surface area contributed by atoms with Gasteiger partial charge in [-0.25, -0.2) is 0 Å². The number of carbonyl (C=O) groups is 1. The molecule has 0 saturated carbocycles. The zero-order chi connectivity index (χ0) is 14.9. The summed E-state index contributed by atoms with van der Waals surface area (Å²) in [5.41, 5.74) is 1.28. The van der Waals surface area contributed by atoms with E-state index in [0.717, 1.165) is 39.0 Å². The summed E-state index contributed by atoms with van der Waals surface area (Å²) >= 11 is 0. The summed E-state index contributed by atoms with van der Waals surface area (Å²) in [6.07, 6.45) is 3.31. The number of carbonyl (C=O) groups excluding carboxylic acids is 1. The van der Waals surface area contributed by atoms with Crippen molar-refractivity contribution in [2.75, 3.05) is 26.2 Å². The molecule has 0 spiro atoms. The Bertz CT molecular complexity index is 431. The number of hydrogen-bond donors (Lipinski definition) is 2. The molecule has 1 aliphatic rings. The largest absolute Gasteiger partial charge is 0.353 e. The van der Waals surface area contributed by atoms with Gasteiger partial charge in [-0.3, -0.25) is 9.69 Å². The third-order valence-corrected chi connectivity index (χ3v) is 4.00. The van der Waals surface area contributed by atoms with E-state index in [4.69, 9.17) is 0 Å². The van der Waals surface area contributed by atoms with Crippen LogP contribution in [0.3, 0.4) is 0 Å². The van der Waals surface area contributed by atoms with Crippen molar-refractivity contribution in [2.24, 2.45) is 0 Å². The first-order valence-corrected chi connectivity index (χ1v) is 8.07. The number of halogens is 2. The van der Waals surface area contributed by atoms with Gasteiger partial charge >= 0.3 is 0 Å². The summed E-state index contributed by atoms with van der Waals surface area (Å²) in [4.78, 5) is 14.7. The van der Waals surface area contributed by atoms with Crippen LogP contribution in [0.5, 0.6) is 0 Å². The summed E-state index contributed by atoms with van der Waals surface area (Å²) in [6.45, 7) is 6.45. The fourth-order valence-corrected chi connectivity index (χ4v) is 2.86. The molecule has 4 nitrogen and oxygen atoms in total. The van der Waals surface area contributed by atoms with Gasteiger partial charge in [0.05, 0.1) is 6.04 Å². The highest BCUT2D eigenvalue weighted by Gasteiger charge is 2.28. The molecular weight excluding hydrogens is 333 g/mol. The van der Waals surface area contributed by atoms with Crippen LogP contribution >= 0.6 is 24.8 Å². The predicted octanol–water partition coefficient (Wildman–Crippen LogP) is 2.61. The van der Waals surface area contributed by atoms with Crippen molar-refractivity contribution in [1.29, 1.82) is 0 Å². The van der Waals surface area contributed by atoms with Crippen LogP contribution in [0.2, 0.25) is 0 Å². The third kappa shape index (κ3) is 7.53. The average molecular weight is 362 g/mol. The second kappa shape index (κ2) is 12.6. The quantitative estimate of drug-likeness (QED) is 0.733. The van der Waals surface area contributed by atoms with Gasteiger partial charge in [-0.05, 0) is 31.5 Å². The average Bonchev–Trinajstić information content (AvgIpc) is 2.53. The van der Waals surface area contributed by atoms with Crippen molar-refractivity contribution in [3.8, 4) is 0 Å². The highest BCUT2D eigenvalue weighted by atomic mass is 35.5. The van der Waals surface area contributed by atoms with Crippen molar-refractivity contribution < 1.29 is 4.79 Å². The second-order valence-corrected chi connectivity index (χ2v) is 5.61. The monoisotopic (exact) mass is 361 g/mol. The van der Waals surface area contributed by atoms with Crippen molar-refractivity contribution in [2.45, 2.75) is 38.8 Å². The topological polar surface area (TPSA) is 44.4 Å². The van der Waals surface area contributed by atoms with Gasteiger partial charge in [-0.15, -0.1) is 24.8 Å². The van der Waals surface area contributed by atoms with Crippen molar-refractivity contribution in [3.05, 3.63) is 35.9 Å². The van der Waals surface area contributed by atoms with Gasteiger partial charge in [0.15, 0.2) is 0 Å². The van der Waals surface area contributed by atoms with Crippen LogP contribution in [0, 0.1) is 0 Å². The molecule has 6 heteroatoms. The normalized spacial score (nSPS) is 17.7. The highest BCUT2D eigenvalue weighted by Crippen LogP contribution is 2.19. The molecule has 1 atom stereocenters. The van der Waals surface area contributed by atoms with Crippen LogP contribution in [-0.4, -0.2) is 43.0 Å². The minimum absolute atomic E-state index is 0. The Morgan fingerprint density at radius 1 is 1.17 bits per heavy atom. The van der Waals surface area contributed by atoms with Crippen LogP contribution in [0.15, 0.2) is 30.3 Å². The number of amides is 1. The van der Waals surface area contributed by atoms with E-state index in [2.05, 4.69) is 46.7 Å². The molecule has 0 bridgehead atoms. The molecule has 0 radical (unpaired) electrons. The number of nitrogens with one attached hydrogen (secondary N) is 2. The Labute approximate surface area is 152 Å². The number of benzene rings is 1. The zero-order valence-corrected chi connectivity index (χ0v) is 15.4.